The summed E-state index contributed by atoms with van der Waals surface area (Å²) in [5.74, 6) is 0.000821. The fraction of sp³-hybridized carbons (Fsp3) is 0.368. The summed E-state index contributed by atoms with van der Waals surface area (Å²) in [4.78, 5) is 36.5. The fourth-order valence-corrected chi connectivity index (χ4v) is 5.09. The van der Waals surface area contributed by atoms with Crippen molar-refractivity contribution in [3.8, 4) is 0 Å². The summed E-state index contributed by atoms with van der Waals surface area (Å²) in [5, 5.41) is 5.79. The van der Waals surface area contributed by atoms with E-state index in [-0.39, 0.29) is 17.9 Å². The number of amides is 1. The second kappa shape index (κ2) is 8.44. The number of ether oxygens (including phenoxy) is 1. The molecule has 10 heteroatoms. The Balaban J connectivity index is 1.37. The normalized spacial score (nSPS) is 14.8. The van der Waals surface area contributed by atoms with Crippen LogP contribution in [0.4, 0.5) is 5.00 Å². The number of hydrazone groups is 1. The Bertz CT molecular complexity index is 1120. The summed E-state index contributed by atoms with van der Waals surface area (Å²) in [6.07, 6.45) is 1.58. The Morgan fingerprint density at radius 2 is 2.14 bits per heavy atom. The molecule has 8 nitrogen and oxygen atoms in total. The first-order valence-electron chi connectivity index (χ1n) is 9.24. The molecule has 4 rings (SSSR count). The van der Waals surface area contributed by atoms with E-state index in [1.54, 1.807) is 17.6 Å². The molecule has 0 bridgehead atoms. The predicted molar refractivity (Wildman–Crippen MR) is 117 cm³/mol. The van der Waals surface area contributed by atoms with Crippen molar-refractivity contribution < 1.29 is 9.53 Å². The van der Waals surface area contributed by atoms with Crippen LogP contribution < -0.4 is 15.9 Å². The van der Waals surface area contributed by atoms with Crippen LogP contribution in [-0.2, 0) is 16.0 Å². The molecule has 0 saturated carbocycles. The van der Waals surface area contributed by atoms with Gasteiger partial charge in [0, 0.05) is 22.8 Å². The maximum absolute atomic E-state index is 12.3. The average Bonchev–Trinajstić information content (AvgIpc) is 3.27. The maximum Gasteiger partial charge on any atom is 0.259 e. The molecule has 4 heterocycles. The molecule has 0 radical (unpaired) electrons. The fourth-order valence-electron chi connectivity index (χ4n) is 3.11. The van der Waals surface area contributed by atoms with E-state index >= 15 is 0 Å². The third-order valence-electron chi connectivity index (χ3n) is 4.73. The average molecular weight is 432 g/mol. The summed E-state index contributed by atoms with van der Waals surface area (Å²) >= 11 is 3.07. The van der Waals surface area contributed by atoms with Gasteiger partial charge in [-0.1, -0.05) is 0 Å². The van der Waals surface area contributed by atoms with Gasteiger partial charge in [-0.15, -0.1) is 22.7 Å². The molecule has 3 aromatic rings. The van der Waals surface area contributed by atoms with Gasteiger partial charge in [0.05, 0.1) is 36.2 Å². The first-order valence-corrected chi connectivity index (χ1v) is 10.9. The van der Waals surface area contributed by atoms with E-state index in [2.05, 4.69) is 25.4 Å². The predicted octanol–water partition coefficient (Wildman–Crippen LogP) is 2.19. The summed E-state index contributed by atoms with van der Waals surface area (Å²) in [6, 6.07) is 4.02. The van der Waals surface area contributed by atoms with Crippen molar-refractivity contribution in [1.82, 2.24) is 15.4 Å². The molecule has 1 saturated heterocycles. The standard InChI is InChI=1S/C19H21N5O3S2/c1-11-12(2)28-19-17(11)18(26)21-14(22-19)9-15(25)23-20-10-13-3-4-16(29-13)24-5-7-27-8-6-24/h3-4,10H,5-9H2,1-2H3,(H,23,25)(H,21,22,26)/b20-10+. The van der Waals surface area contributed by atoms with Gasteiger partial charge in [-0.2, -0.15) is 5.10 Å². The number of hydrogen-bond acceptors (Lipinski definition) is 8. The van der Waals surface area contributed by atoms with Crippen molar-refractivity contribution in [2.75, 3.05) is 31.2 Å². The quantitative estimate of drug-likeness (QED) is 0.477. The Hall–Kier alpha value is -2.56. The van der Waals surface area contributed by atoms with Crippen molar-refractivity contribution in [1.29, 1.82) is 0 Å². The molecule has 1 aliphatic heterocycles. The van der Waals surface area contributed by atoms with Crippen LogP contribution in [0, 0.1) is 13.8 Å². The summed E-state index contributed by atoms with van der Waals surface area (Å²) in [6.45, 7) is 7.10. The number of nitrogens with zero attached hydrogens (tertiary/aromatic N) is 3. The zero-order chi connectivity index (χ0) is 20.4. The molecule has 1 aliphatic rings. The number of morpholine rings is 1. The molecule has 1 fully saturated rings. The van der Waals surface area contributed by atoms with Gasteiger partial charge in [-0.25, -0.2) is 10.4 Å². The van der Waals surface area contributed by atoms with Crippen LogP contribution >= 0.6 is 22.7 Å². The second-order valence-electron chi connectivity index (χ2n) is 6.72. The molecule has 3 aromatic heterocycles. The minimum absolute atomic E-state index is 0.0397. The molecule has 2 N–H and O–H groups in total. The van der Waals surface area contributed by atoms with Crippen LogP contribution in [-0.4, -0.2) is 48.4 Å². The number of hydrogen-bond donors (Lipinski definition) is 2. The van der Waals surface area contributed by atoms with E-state index in [4.69, 9.17) is 4.74 Å². The molecule has 0 spiro atoms. The Kier molecular flexibility index (Phi) is 5.74. The van der Waals surface area contributed by atoms with Gasteiger partial charge >= 0.3 is 0 Å². The largest absolute Gasteiger partial charge is 0.378 e. The van der Waals surface area contributed by atoms with Gasteiger partial charge < -0.3 is 14.6 Å². The monoisotopic (exact) mass is 431 g/mol. The van der Waals surface area contributed by atoms with E-state index in [1.807, 2.05) is 26.0 Å². The van der Waals surface area contributed by atoms with Crippen LogP contribution in [0.3, 0.4) is 0 Å². The van der Waals surface area contributed by atoms with Crippen molar-refractivity contribution in [3.05, 3.63) is 43.6 Å². The number of nitrogens with one attached hydrogen (secondary N) is 2. The molecular formula is C19H21N5O3S2. The molecule has 152 valence electrons. The minimum Gasteiger partial charge on any atom is -0.378 e. The van der Waals surface area contributed by atoms with Crippen molar-refractivity contribution in [2.45, 2.75) is 20.3 Å². The van der Waals surface area contributed by atoms with E-state index in [0.717, 1.165) is 46.6 Å². The van der Waals surface area contributed by atoms with Crippen LogP contribution in [0.1, 0.15) is 21.1 Å². The number of aryl methyl sites for hydroxylation is 2. The lowest BCUT2D eigenvalue weighted by atomic mass is 10.2. The molecule has 0 aliphatic carbocycles. The Morgan fingerprint density at radius 3 is 2.93 bits per heavy atom. The number of fused-ring (bicyclic) bond motifs is 1. The number of carbonyl (C=O) groups is 1. The summed E-state index contributed by atoms with van der Waals surface area (Å²) in [7, 11) is 0. The highest BCUT2D eigenvalue weighted by molar-refractivity contribution is 7.18. The van der Waals surface area contributed by atoms with Gasteiger partial charge in [0.1, 0.15) is 10.7 Å². The maximum atomic E-state index is 12.3. The van der Waals surface area contributed by atoms with Crippen molar-refractivity contribution in [2.24, 2.45) is 5.10 Å². The molecule has 0 atom stereocenters. The number of rotatable bonds is 5. The van der Waals surface area contributed by atoms with Gasteiger partial charge in [0.2, 0.25) is 5.91 Å². The van der Waals surface area contributed by atoms with E-state index in [1.165, 1.54) is 11.3 Å². The second-order valence-corrected chi connectivity index (χ2v) is 9.02. The molecule has 1 amide bonds. The van der Waals surface area contributed by atoms with Crippen LogP contribution in [0.25, 0.3) is 10.2 Å². The summed E-state index contributed by atoms with van der Waals surface area (Å²) < 4.78 is 5.37. The van der Waals surface area contributed by atoms with Crippen molar-refractivity contribution >= 4 is 50.0 Å². The van der Waals surface area contributed by atoms with Gasteiger partial charge in [-0.05, 0) is 31.5 Å². The lowest BCUT2D eigenvalue weighted by molar-refractivity contribution is -0.120. The Morgan fingerprint density at radius 1 is 1.34 bits per heavy atom. The lowest BCUT2D eigenvalue weighted by Gasteiger charge is -2.27. The number of aromatic amines is 1. The zero-order valence-corrected chi connectivity index (χ0v) is 17.8. The lowest BCUT2D eigenvalue weighted by Crippen LogP contribution is -2.35. The van der Waals surface area contributed by atoms with E-state index < -0.39 is 0 Å². The highest BCUT2D eigenvalue weighted by Gasteiger charge is 2.14. The van der Waals surface area contributed by atoms with E-state index in [0.29, 0.717) is 16.0 Å². The number of H-pyrrole nitrogens is 1. The third-order valence-corrected chi connectivity index (χ3v) is 6.91. The molecule has 29 heavy (non-hydrogen) atoms. The SMILES string of the molecule is Cc1sc2nc(CC(=O)N/N=C/c3ccc(N4CCOCC4)s3)[nH]c(=O)c2c1C. The number of aromatic nitrogens is 2. The topological polar surface area (TPSA) is 99.7 Å². The first-order chi connectivity index (χ1) is 14.0. The van der Waals surface area contributed by atoms with Crippen molar-refractivity contribution in [3.63, 3.8) is 0 Å². The number of carbonyl (C=O) groups excluding carboxylic acids is 1. The highest BCUT2D eigenvalue weighted by atomic mass is 32.1. The van der Waals surface area contributed by atoms with Gasteiger partial charge in [0.25, 0.3) is 5.56 Å². The summed E-state index contributed by atoms with van der Waals surface area (Å²) in [5.41, 5.74) is 3.22. The molecule has 0 aromatic carbocycles. The van der Waals surface area contributed by atoms with Crippen LogP contribution in [0.15, 0.2) is 22.0 Å². The van der Waals surface area contributed by atoms with E-state index in [9.17, 15) is 9.59 Å². The minimum atomic E-state index is -0.335. The van der Waals surface area contributed by atoms with Crippen LogP contribution in [0.5, 0.6) is 0 Å². The highest BCUT2D eigenvalue weighted by Crippen LogP contribution is 2.26. The molecular weight excluding hydrogens is 410 g/mol. The van der Waals surface area contributed by atoms with Gasteiger partial charge in [0.15, 0.2) is 0 Å². The third kappa shape index (κ3) is 4.39. The number of anilines is 1. The Labute approximate surface area is 175 Å². The van der Waals surface area contributed by atoms with Crippen LogP contribution in [0.2, 0.25) is 0 Å². The number of thiophene rings is 2. The zero-order valence-electron chi connectivity index (χ0n) is 16.2. The first kappa shape index (κ1) is 19.7. The van der Waals surface area contributed by atoms with Gasteiger partial charge in [-0.3, -0.25) is 9.59 Å². The smallest absolute Gasteiger partial charge is 0.259 e. The molecule has 0 unspecified atom stereocenters.